The highest BCUT2D eigenvalue weighted by Crippen LogP contribution is 2.31. The summed E-state index contributed by atoms with van der Waals surface area (Å²) in [7, 11) is -3.49. The van der Waals surface area contributed by atoms with Crippen molar-refractivity contribution in [1.29, 1.82) is 0 Å². The van der Waals surface area contributed by atoms with Gasteiger partial charge in [0.1, 0.15) is 0 Å². The van der Waals surface area contributed by atoms with Crippen LogP contribution in [0.1, 0.15) is 46.5 Å². The molecule has 17 heavy (non-hydrogen) atoms. The summed E-state index contributed by atoms with van der Waals surface area (Å²) in [5, 5.41) is 10.2. The fourth-order valence-electron chi connectivity index (χ4n) is 2.06. The van der Waals surface area contributed by atoms with Crippen molar-refractivity contribution in [2.75, 3.05) is 6.54 Å². The maximum Gasteiger partial charge on any atom is 0.277 e. The fraction of sp³-hybridized carbons (Fsp3) is 1.00. The Morgan fingerprint density at radius 2 is 1.88 bits per heavy atom. The molecule has 0 unspecified atom stereocenters. The van der Waals surface area contributed by atoms with Crippen molar-refractivity contribution in [1.82, 2.24) is 9.44 Å². The van der Waals surface area contributed by atoms with Gasteiger partial charge in [-0.15, -0.1) is 0 Å². The van der Waals surface area contributed by atoms with E-state index in [2.05, 4.69) is 16.4 Å². The Labute approximate surface area is 104 Å². The van der Waals surface area contributed by atoms with Gasteiger partial charge in [-0.2, -0.15) is 17.9 Å². The second-order valence-corrected chi connectivity index (χ2v) is 7.04. The summed E-state index contributed by atoms with van der Waals surface area (Å²) >= 11 is 0. The van der Waals surface area contributed by atoms with Crippen molar-refractivity contribution in [3.05, 3.63) is 0 Å². The zero-order chi connectivity index (χ0) is 13.1. The molecule has 0 aromatic carbocycles. The molecule has 0 radical (unpaired) electrons. The SMILES string of the molecule is CC1CCC(O)(CNS(=O)(=O)NC(C)C)CC1. The lowest BCUT2D eigenvalue weighted by Gasteiger charge is -2.34. The average Bonchev–Trinajstić information content (AvgIpc) is 2.19. The molecule has 1 saturated carbocycles. The molecule has 5 nitrogen and oxygen atoms in total. The van der Waals surface area contributed by atoms with E-state index in [1.165, 1.54) is 0 Å². The maximum absolute atomic E-state index is 11.6. The lowest BCUT2D eigenvalue weighted by molar-refractivity contribution is -0.00190. The van der Waals surface area contributed by atoms with Crippen LogP contribution in [-0.2, 0) is 10.2 Å². The van der Waals surface area contributed by atoms with Crippen LogP contribution in [0, 0.1) is 5.92 Å². The molecule has 0 aromatic heterocycles. The molecule has 0 atom stereocenters. The van der Waals surface area contributed by atoms with Gasteiger partial charge in [0.15, 0.2) is 0 Å². The third kappa shape index (κ3) is 5.33. The predicted octanol–water partition coefficient (Wildman–Crippen LogP) is 0.760. The van der Waals surface area contributed by atoms with Crippen LogP contribution in [0.5, 0.6) is 0 Å². The first-order valence-electron chi connectivity index (χ1n) is 6.22. The zero-order valence-electron chi connectivity index (χ0n) is 10.9. The van der Waals surface area contributed by atoms with Crippen molar-refractivity contribution in [3.63, 3.8) is 0 Å². The maximum atomic E-state index is 11.6. The second-order valence-electron chi connectivity index (χ2n) is 5.50. The van der Waals surface area contributed by atoms with Crippen LogP contribution >= 0.6 is 0 Å². The third-order valence-electron chi connectivity index (χ3n) is 3.19. The topological polar surface area (TPSA) is 78.4 Å². The number of aliphatic hydroxyl groups is 1. The first-order chi connectivity index (χ1) is 7.72. The lowest BCUT2D eigenvalue weighted by atomic mass is 9.80. The highest BCUT2D eigenvalue weighted by atomic mass is 32.2. The van der Waals surface area contributed by atoms with Crippen molar-refractivity contribution >= 4 is 10.2 Å². The highest BCUT2D eigenvalue weighted by Gasteiger charge is 2.32. The average molecular weight is 264 g/mol. The number of hydrogen-bond donors (Lipinski definition) is 3. The van der Waals surface area contributed by atoms with Gasteiger partial charge in [0.25, 0.3) is 10.2 Å². The molecular weight excluding hydrogens is 240 g/mol. The Hall–Kier alpha value is -0.170. The van der Waals surface area contributed by atoms with E-state index in [1.54, 1.807) is 13.8 Å². The van der Waals surface area contributed by atoms with Gasteiger partial charge >= 0.3 is 0 Å². The molecule has 1 aliphatic carbocycles. The quantitative estimate of drug-likeness (QED) is 0.686. The summed E-state index contributed by atoms with van der Waals surface area (Å²) in [5.41, 5.74) is -0.877. The standard InChI is InChI=1S/C11H24N2O3S/c1-9(2)13-17(15,16)12-8-11(14)6-4-10(3)5-7-11/h9-10,12-14H,4-8H2,1-3H3. The van der Waals surface area contributed by atoms with E-state index in [4.69, 9.17) is 0 Å². The Balaban J connectivity index is 2.44. The molecule has 3 N–H and O–H groups in total. The van der Waals surface area contributed by atoms with E-state index in [0.29, 0.717) is 18.8 Å². The normalized spacial score (nSPS) is 30.8. The van der Waals surface area contributed by atoms with E-state index >= 15 is 0 Å². The van der Waals surface area contributed by atoms with Crippen LogP contribution < -0.4 is 9.44 Å². The summed E-state index contributed by atoms with van der Waals surface area (Å²) in [6.07, 6.45) is 3.24. The van der Waals surface area contributed by atoms with Gasteiger partial charge in [0.05, 0.1) is 5.60 Å². The van der Waals surface area contributed by atoms with Crippen LogP contribution in [0.25, 0.3) is 0 Å². The Kier molecular flexibility index (Phi) is 4.95. The number of nitrogens with one attached hydrogen (secondary N) is 2. The smallest absolute Gasteiger partial charge is 0.277 e. The summed E-state index contributed by atoms with van der Waals surface area (Å²) in [5.74, 6) is 0.626. The molecular formula is C11H24N2O3S. The summed E-state index contributed by atoms with van der Waals surface area (Å²) in [6.45, 7) is 5.78. The van der Waals surface area contributed by atoms with Gasteiger partial charge < -0.3 is 5.11 Å². The Morgan fingerprint density at radius 3 is 2.35 bits per heavy atom. The summed E-state index contributed by atoms with van der Waals surface area (Å²) < 4.78 is 28.0. The number of rotatable bonds is 5. The minimum absolute atomic E-state index is 0.0990. The van der Waals surface area contributed by atoms with Crippen LogP contribution in [0.15, 0.2) is 0 Å². The van der Waals surface area contributed by atoms with E-state index < -0.39 is 15.8 Å². The molecule has 0 aliphatic heterocycles. The monoisotopic (exact) mass is 264 g/mol. The van der Waals surface area contributed by atoms with Gasteiger partial charge in [-0.3, -0.25) is 0 Å². The Bertz CT molecular complexity index is 333. The molecule has 0 saturated heterocycles. The van der Waals surface area contributed by atoms with E-state index in [-0.39, 0.29) is 12.6 Å². The largest absolute Gasteiger partial charge is 0.389 e. The van der Waals surface area contributed by atoms with Crippen molar-refractivity contribution < 1.29 is 13.5 Å². The zero-order valence-corrected chi connectivity index (χ0v) is 11.7. The molecule has 0 amide bonds. The molecule has 0 heterocycles. The fourth-order valence-corrected chi connectivity index (χ4v) is 3.22. The van der Waals surface area contributed by atoms with Crippen LogP contribution in [0.4, 0.5) is 0 Å². The first kappa shape index (κ1) is 14.9. The van der Waals surface area contributed by atoms with Crippen molar-refractivity contribution in [3.8, 4) is 0 Å². The molecule has 0 bridgehead atoms. The predicted molar refractivity (Wildman–Crippen MR) is 67.8 cm³/mol. The number of hydrogen-bond acceptors (Lipinski definition) is 3. The molecule has 1 aliphatic rings. The molecule has 0 spiro atoms. The minimum atomic E-state index is -3.49. The molecule has 1 rings (SSSR count). The van der Waals surface area contributed by atoms with Crippen LogP contribution in [0.3, 0.4) is 0 Å². The van der Waals surface area contributed by atoms with Crippen LogP contribution in [-0.4, -0.2) is 31.7 Å². The molecule has 6 heteroatoms. The van der Waals surface area contributed by atoms with Crippen molar-refractivity contribution in [2.45, 2.75) is 58.1 Å². The summed E-state index contributed by atoms with van der Waals surface area (Å²) in [4.78, 5) is 0. The third-order valence-corrected chi connectivity index (χ3v) is 4.49. The lowest BCUT2D eigenvalue weighted by Crippen LogP contribution is -2.49. The Morgan fingerprint density at radius 1 is 1.35 bits per heavy atom. The van der Waals surface area contributed by atoms with E-state index in [1.807, 2.05) is 0 Å². The van der Waals surface area contributed by atoms with Crippen LogP contribution in [0.2, 0.25) is 0 Å². The van der Waals surface area contributed by atoms with E-state index in [9.17, 15) is 13.5 Å². The highest BCUT2D eigenvalue weighted by molar-refractivity contribution is 7.87. The van der Waals surface area contributed by atoms with Gasteiger partial charge in [-0.05, 0) is 45.4 Å². The molecule has 0 aromatic rings. The molecule has 1 fully saturated rings. The van der Waals surface area contributed by atoms with E-state index in [0.717, 1.165) is 12.8 Å². The first-order valence-corrected chi connectivity index (χ1v) is 7.70. The van der Waals surface area contributed by atoms with Gasteiger partial charge in [-0.25, -0.2) is 0 Å². The van der Waals surface area contributed by atoms with Crippen molar-refractivity contribution in [2.24, 2.45) is 5.92 Å². The molecule has 102 valence electrons. The van der Waals surface area contributed by atoms with Gasteiger partial charge in [0, 0.05) is 12.6 Å². The summed E-state index contributed by atoms with van der Waals surface area (Å²) in [6, 6.07) is -0.145. The minimum Gasteiger partial charge on any atom is -0.389 e. The second kappa shape index (κ2) is 5.65. The van der Waals surface area contributed by atoms with Gasteiger partial charge in [0.2, 0.25) is 0 Å². The van der Waals surface area contributed by atoms with Gasteiger partial charge in [-0.1, -0.05) is 6.92 Å².